The van der Waals surface area contributed by atoms with Crippen LogP contribution in [0.3, 0.4) is 0 Å². The Balaban J connectivity index is 2.02. The second-order valence-corrected chi connectivity index (χ2v) is 5.76. The molecule has 1 aliphatic heterocycles. The number of nitrogens with two attached hydrogens (primary N) is 1. The van der Waals surface area contributed by atoms with E-state index in [2.05, 4.69) is 20.9 Å². The first kappa shape index (κ1) is 13.1. The molecule has 2 N–H and O–H groups in total. The quantitative estimate of drug-likeness (QED) is 0.861. The Labute approximate surface area is 125 Å². The lowest BCUT2D eigenvalue weighted by molar-refractivity contribution is -0.119. The van der Waals surface area contributed by atoms with Crippen LogP contribution in [-0.4, -0.2) is 17.9 Å². The number of amides is 1. The van der Waals surface area contributed by atoms with E-state index in [0.29, 0.717) is 12.1 Å². The van der Waals surface area contributed by atoms with E-state index < -0.39 is 0 Å². The van der Waals surface area contributed by atoms with Gasteiger partial charge in [-0.05, 0) is 45.8 Å². The maximum Gasteiger partial charge on any atom is 0.234 e. The molecule has 1 atom stereocenters. The molecule has 1 aromatic heterocycles. The average Bonchev–Trinajstić information content (AvgIpc) is 2.66. The number of carbonyl (C=O) groups is 1. The van der Waals surface area contributed by atoms with Crippen molar-refractivity contribution < 1.29 is 4.79 Å². The van der Waals surface area contributed by atoms with Gasteiger partial charge in [0.05, 0.1) is 5.92 Å². The number of nitrogens with zero attached hydrogens (tertiary/aromatic N) is 2. The van der Waals surface area contributed by atoms with Gasteiger partial charge in [0.1, 0.15) is 0 Å². The summed E-state index contributed by atoms with van der Waals surface area (Å²) in [5.41, 5.74) is 9.35. The van der Waals surface area contributed by atoms with Crippen LogP contribution in [0.1, 0.15) is 17.2 Å². The summed E-state index contributed by atoms with van der Waals surface area (Å²) in [5, 5.41) is 0. The van der Waals surface area contributed by atoms with Crippen molar-refractivity contribution in [1.29, 1.82) is 0 Å². The van der Waals surface area contributed by atoms with Crippen LogP contribution in [0.2, 0.25) is 0 Å². The molecule has 0 fully saturated rings. The van der Waals surface area contributed by atoms with E-state index in [0.717, 1.165) is 21.4 Å². The Morgan fingerprint density at radius 1 is 1.40 bits per heavy atom. The van der Waals surface area contributed by atoms with Crippen LogP contribution in [0.15, 0.2) is 41.0 Å². The second kappa shape index (κ2) is 4.90. The minimum absolute atomic E-state index is 0.0863. The lowest BCUT2D eigenvalue weighted by Crippen LogP contribution is -2.25. The molecule has 20 heavy (non-hydrogen) atoms. The van der Waals surface area contributed by atoms with Crippen LogP contribution in [0.25, 0.3) is 0 Å². The highest BCUT2D eigenvalue weighted by Gasteiger charge is 2.35. The molecule has 4 nitrogen and oxygen atoms in total. The normalized spacial score (nSPS) is 17.4. The van der Waals surface area contributed by atoms with Gasteiger partial charge in [0.2, 0.25) is 5.91 Å². The standard InChI is InChI=1S/C15H14BrN3O/c1-19-14-8-13(17)12(16)7-10(14)11(15(19)20)6-9-4-2-3-5-18-9/h2-5,7-8,11H,6,17H2,1H3. The third-order valence-corrected chi connectivity index (χ3v) is 4.34. The molecule has 0 aliphatic carbocycles. The zero-order valence-corrected chi connectivity index (χ0v) is 12.6. The summed E-state index contributed by atoms with van der Waals surface area (Å²) in [6.07, 6.45) is 2.35. The first-order chi connectivity index (χ1) is 9.58. The van der Waals surface area contributed by atoms with Crippen molar-refractivity contribution in [2.24, 2.45) is 0 Å². The fraction of sp³-hybridized carbons (Fsp3) is 0.200. The van der Waals surface area contributed by atoms with E-state index in [-0.39, 0.29) is 11.8 Å². The summed E-state index contributed by atoms with van der Waals surface area (Å²) in [4.78, 5) is 18.4. The topological polar surface area (TPSA) is 59.2 Å². The molecule has 3 rings (SSSR count). The van der Waals surface area contributed by atoms with E-state index in [1.54, 1.807) is 18.1 Å². The Morgan fingerprint density at radius 3 is 2.90 bits per heavy atom. The monoisotopic (exact) mass is 331 g/mol. The highest BCUT2D eigenvalue weighted by molar-refractivity contribution is 9.10. The van der Waals surface area contributed by atoms with Crippen LogP contribution >= 0.6 is 15.9 Å². The number of anilines is 2. The Kier molecular flexibility index (Phi) is 3.22. The van der Waals surface area contributed by atoms with Crippen molar-refractivity contribution in [3.63, 3.8) is 0 Å². The number of benzene rings is 1. The lowest BCUT2D eigenvalue weighted by atomic mass is 9.95. The predicted octanol–water partition coefficient (Wildman–Crippen LogP) is 2.73. The molecule has 102 valence electrons. The number of pyridine rings is 1. The third-order valence-electron chi connectivity index (χ3n) is 3.65. The van der Waals surface area contributed by atoms with E-state index >= 15 is 0 Å². The first-order valence-corrected chi connectivity index (χ1v) is 7.13. The number of rotatable bonds is 2. The molecule has 1 aliphatic rings. The number of likely N-dealkylation sites (N-methyl/N-ethyl adjacent to an activating group) is 1. The third kappa shape index (κ3) is 2.08. The summed E-state index contributed by atoms with van der Waals surface area (Å²) in [5.74, 6) is -0.107. The van der Waals surface area contributed by atoms with Crippen molar-refractivity contribution in [1.82, 2.24) is 4.98 Å². The molecule has 1 unspecified atom stereocenters. The van der Waals surface area contributed by atoms with Crippen molar-refractivity contribution in [3.05, 3.63) is 52.3 Å². The van der Waals surface area contributed by atoms with Crippen LogP contribution in [0.4, 0.5) is 11.4 Å². The van der Waals surface area contributed by atoms with Gasteiger partial charge in [-0.2, -0.15) is 0 Å². The van der Waals surface area contributed by atoms with Gasteiger partial charge in [0, 0.05) is 41.2 Å². The summed E-state index contributed by atoms with van der Waals surface area (Å²) >= 11 is 3.43. The smallest absolute Gasteiger partial charge is 0.234 e. The van der Waals surface area contributed by atoms with Gasteiger partial charge in [0.15, 0.2) is 0 Å². The summed E-state index contributed by atoms with van der Waals surface area (Å²) < 4.78 is 0.824. The van der Waals surface area contributed by atoms with E-state index in [4.69, 9.17) is 5.73 Å². The second-order valence-electron chi connectivity index (χ2n) is 4.91. The maximum atomic E-state index is 12.4. The van der Waals surface area contributed by atoms with Crippen LogP contribution in [0.5, 0.6) is 0 Å². The molecule has 1 aromatic carbocycles. The molecular formula is C15H14BrN3O. The summed E-state index contributed by atoms with van der Waals surface area (Å²) in [7, 11) is 1.78. The number of hydrogen-bond donors (Lipinski definition) is 1. The minimum atomic E-state index is -0.193. The van der Waals surface area contributed by atoms with Crippen molar-refractivity contribution in [2.75, 3.05) is 17.7 Å². The summed E-state index contributed by atoms with van der Waals surface area (Å²) in [6, 6.07) is 9.54. The van der Waals surface area contributed by atoms with Crippen LogP contribution in [0, 0.1) is 0 Å². The lowest BCUT2D eigenvalue weighted by Gasteiger charge is -2.11. The van der Waals surface area contributed by atoms with Gasteiger partial charge >= 0.3 is 0 Å². The molecule has 0 saturated heterocycles. The highest BCUT2D eigenvalue weighted by Crippen LogP contribution is 2.41. The molecule has 0 bridgehead atoms. The Morgan fingerprint density at radius 2 is 2.20 bits per heavy atom. The van der Waals surface area contributed by atoms with Gasteiger partial charge in [-0.15, -0.1) is 0 Å². The fourth-order valence-corrected chi connectivity index (χ4v) is 2.93. The van der Waals surface area contributed by atoms with Gasteiger partial charge < -0.3 is 10.6 Å². The zero-order valence-electron chi connectivity index (χ0n) is 11.0. The Bertz CT molecular complexity index is 672. The number of hydrogen-bond acceptors (Lipinski definition) is 3. The van der Waals surface area contributed by atoms with Crippen molar-refractivity contribution >= 4 is 33.2 Å². The Hall–Kier alpha value is -1.88. The molecule has 2 heterocycles. The van der Waals surface area contributed by atoms with E-state index in [9.17, 15) is 4.79 Å². The molecule has 1 amide bonds. The molecule has 5 heteroatoms. The SMILES string of the molecule is CN1C(=O)C(Cc2ccccn2)c2cc(Br)c(N)cc21. The zero-order chi connectivity index (χ0) is 14.3. The largest absolute Gasteiger partial charge is 0.398 e. The molecule has 2 aromatic rings. The number of halogens is 1. The van der Waals surface area contributed by atoms with Crippen LogP contribution < -0.4 is 10.6 Å². The molecule has 0 spiro atoms. The van der Waals surface area contributed by atoms with E-state index in [1.807, 2.05) is 30.3 Å². The molecular weight excluding hydrogens is 318 g/mol. The van der Waals surface area contributed by atoms with Crippen LogP contribution in [-0.2, 0) is 11.2 Å². The number of carbonyl (C=O) groups excluding carboxylic acids is 1. The summed E-state index contributed by atoms with van der Waals surface area (Å²) in [6.45, 7) is 0. The number of aromatic nitrogens is 1. The van der Waals surface area contributed by atoms with Crippen molar-refractivity contribution in [2.45, 2.75) is 12.3 Å². The fourth-order valence-electron chi connectivity index (χ4n) is 2.57. The number of fused-ring (bicyclic) bond motifs is 1. The first-order valence-electron chi connectivity index (χ1n) is 6.34. The van der Waals surface area contributed by atoms with Gasteiger partial charge in [0.25, 0.3) is 0 Å². The maximum absolute atomic E-state index is 12.4. The van der Waals surface area contributed by atoms with Gasteiger partial charge in [-0.25, -0.2) is 0 Å². The highest BCUT2D eigenvalue weighted by atomic mass is 79.9. The van der Waals surface area contributed by atoms with Gasteiger partial charge in [-0.3, -0.25) is 9.78 Å². The van der Waals surface area contributed by atoms with Crippen molar-refractivity contribution in [3.8, 4) is 0 Å². The molecule has 0 radical (unpaired) electrons. The average molecular weight is 332 g/mol. The minimum Gasteiger partial charge on any atom is -0.398 e. The van der Waals surface area contributed by atoms with Gasteiger partial charge in [-0.1, -0.05) is 6.07 Å². The number of nitrogen functional groups attached to an aromatic ring is 1. The predicted molar refractivity (Wildman–Crippen MR) is 82.6 cm³/mol. The molecule has 0 saturated carbocycles. The van der Waals surface area contributed by atoms with E-state index in [1.165, 1.54) is 0 Å².